The number of rotatable bonds is 10. The summed E-state index contributed by atoms with van der Waals surface area (Å²) >= 11 is 0.0246. The SMILES string of the molecule is [C-]#[N+]C[C@@H](O)[C@@H]1NC(=O)[C@H]([C@H](O)Cc2ccc(O)c(OSOO[O-])c2)NC(=O)[C@@H]2C[C@@H](O)CN2C(=O)[C@H]([C@@H](C)O)NC(=O)C(C)C[C@@H](O)CNC(=O)[C@@H]2[C@@H](O)[C@@H](C)CN2C1=O.[Na+]. The smallest absolute Gasteiger partial charge is 0.691 e. The minimum absolute atomic E-state index is 0. The zero-order valence-corrected chi connectivity index (χ0v) is 37.0. The van der Waals surface area contributed by atoms with Crippen molar-refractivity contribution in [3.63, 3.8) is 0 Å². The van der Waals surface area contributed by atoms with Crippen molar-refractivity contribution in [3.8, 4) is 11.5 Å². The number of aliphatic hydroxyl groups excluding tert-OH is 6. The van der Waals surface area contributed by atoms with Gasteiger partial charge < -0.3 is 81.1 Å². The van der Waals surface area contributed by atoms with Gasteiger partial charge in [0.25, 0.3) is 12.3 Å². The monoisotopic (exact) mass is 907 g/mol. The molecule has 11 N–H and O–H groups in total. The first kappa shape index (κ1) is 52.5. The second-order valence-electron chi connectivity index (χ2n) is 15.3. The van der Waals surface area contributed by atoms with E-state index in [2.05, 4.69) is 35.5 Å². The Morgan fingerprint density at radius 2 is 1.52 bits per heavy atom. The minimum Gasteiger partial charge on any atom is -0.691 e. The molecule has 0 aliphatic carbocycles. The van der Waals surface area contributed by atoms with E-state index in [9.17, 15) is 69.8 Å². The van der Waals surface area contributed by atoms with Crippen LogP contribution in [0.5, 0.6) is 11.5 Å². The summed E-state index contributed by atoms with van der Waals surface area (Å²) in [6.45, 7) is 9.40. The predicted octanol–water partition coefficient (Wildman–Crippen LogP) is -8.73. The molecule has 0 saturated carbocycles. The Labute approximate surface area is 381 Å². The van der Waals surface area contributed by atoms with Crippen LogP contribution in [0.25, 0.3) is 4.85 Å². The number of amides is 6. The van der Waals surface area contributed by atoms with Crippen molar-refractivity contribution in [1.29, 1.82) is 0 Å². The van der Waals surface area contributed by atoms with E-state index in [0.29, 0.717) is 0 Å². The van der Waals surface area contributed by atoms with Crippen LogP contribution in [0.15, 0.2) is 18.2 Å². The van der Waals surface area contributed by atoms with Crippen molar-refractivity contribution in [3.05, 3.63) is 35.2 Å². The van der Waals surface area contributed by atoms with E-state index in [1.807, 2.05) is 0 Å². The van der Waals surface area contributed by atoms with Gasteiger partial charge in [0, 0.05) is 44.3 Å². The van der Waals surface area contributed by atoms with Gasteiger partial charge in [-0.1, -0.05) is 19.9 Å². The molecule has 4 rings (SSSR count). The van der Waals surface area contributed by atoms with Crippen LogP contribution in [0, 0.1) is 18.4 Å². The first-order valence-electron chi connectivity index (χ1n) is 19.1. The molecule has 0 aromatic heterocycles. The molecule has 3 fully saturated rings. The Morgan fingerprint density at radius 3 is 2.16 bits per heavy atom. The number of benzene rings is 1. The van der Waals surface area contributed by atoms with Crippen molar-refractivity contribution in [2.45, 2.75) is 107 Å². The number of hydrogen-bond donors (Lipinski definition) is 11. The molecular weight excluding hydrogens is 857 g/mol. The van der Waals surface area contributed by atoms with E-state index in [1.165, 1.54) is 26.8 Å². The third-order valence-electron chi connectivity index (χ3n) is 10.6. The molecule has 0 radical (unpaired) electrons. The first-order chi connectivity index (χ1) is 28.8. The van der Waals surface area contributed by atoms with E-state index in [1.54, 1.807) is 0 Å². The van der Waals surface area contributed by atoms with E-state index < -0.39 is 152 Å². The van der Waals surface area contributed by atoms with Crippen molar-refractivity contribution in [1.82, 2.24) is 31.1 Å². The van der Waals surface area contributed by atoms with E-state index in [0.717, 1.165) is 21.9 Å². The fourth-order valence-electron chi connectivity index (χ4n) is 7.34. The summed E-state index contributed by atoms with van der Waals surface area (Å²) in [5.74, 6) is -8.96. The molecular formula is C36H50N7NaO17S. The summed E-state index contributed by atoms with van der Waals surface area (Å²) in [5, 5.41) is 98.7. The van der Waals surface area contributed by atoms with Crippen LogP contribution < -0.4 is 60.3 Å². The Morgan fingerprint density at radius 1 is 0.871 bits per heavy atom. The van der Waals surface area contributed by atoms with Crippen LogP contribution in [0.1, 0.15) is 39.2 Å². The number of carbonyl (C=O) groups is 6. The summed E-state index contributed by atoms with van der Waals surface area (Å²) in [6, 6.07) is -5.47. The van der Waals surface area contributed by atoms with Crippen LogP contribution in [0.3, 0.4) is 0 Å². The van der Waals surface area contributed by atoms with Gasteiger partial charge >= 0.3 is 29.6 Å². The predicted molar refractivity (Wildman–Crippen MR) is 203 cm³/mol. The molecule has 1 aromatic carbocycles. The third-order valence-corrected chi connectivity index (χ3v) is 11.0. The standard InChI is InChI=1S/C36H51N7O17S.Na/c1-15-7-19(45)11-38-34(54)29-30(50)16(2)13-43(29)36(56)28(24(49)12-37-4)41-33(53)27(23(48)8-18-5-6-22(47)25(9-18)58-61-60-59-57)40-32(52)21-10-20(46)14-42(21)35(55)26(17(3)44)39-31(15)51;/h5-6,9,15-17,19-21,23-24,26-30,44-50,57H,7-8,10-14H2,1-3H3,(H,38,54)(H,39,51)(H,40,52)(H,41,53);/q;+1/p-1/t15?,16-,17+,19+,20+,21-,23+,24+,26-,27-,28-,29-,30-;/m0./s1. The summed E-state index contributed by atoms with van der Waals surface area (Å²) in [7, 11) is 0. The fraction of sp³-hybridized carbons (Fsp3) is 0.639. The van der Waals surface area contributed by atoms with Crippen molar-refractivity contribution in [2.24, 2.45) is 11.8 Å². The van der Waals surface area contributed by atoms with Crippen molar-refractivity contribution < 1.29 is 113 Å². The Hall–Kier alpha value is -3.88. The average molecular weight is 908 g/mol. The van der Waals surface area contributed by atoms with Crippen LogP contribution in [0.2, 0.25) is 0 Å². The fourth-order valence-corrected chi connectivity index (χ4v) is 7.60. The van der Waals surface area contributed by atoms with Crippen LogP contribution >= 0.6 is 12.3 Å². The zero-order valence-electron chi connectivity index (χ0n) is 34.2. The molecule has 338 valence electrons. The Bertz CT molecular complexity index is 1810. The number of nitrogens with one attached hydrogen (secondary N) is 4. The van der Waals surface area contributed by atoms with E-state index in [-0.39, 0.29) is 66.2 Å². The largest absolute Gasteiger partial charge is 1.00 e. The van der Waals surface area contributed by atoms with Gasteiger partial charge in [-0.05, 0) is 31.0 Å². The summed E-state index contributed by atoms with van der Waals surface area (Å²) < 4.78 is 9.06. The number of carbonyl (C=O) groups excluding carboxylic acids is 6. The number of aliphatic hydroxyl groups is 6. The maximum atomic E-state index is 14.3. The topological polar surface area (TPSA) is 354 Å². The van der Waals surface area contributed by atoms with Crippen molar-refractivity contribution in [2.75, 3.05) is 26.2 Å². The second-order valence-corrected chi connectivity index (χ2v) is 15.7. The zero-order chi connectivity index (χ0) is 45.3. The van der Waals surface area contributed by atoms with Gasteiger partial charge in [-0.3, -0.25) is 33.8 Å². The summed E-state index contributed by atoms with van der Waals surface area (Å²) in [6.07, 6.45) is -10.9. The molecule has 0 spiro atoms. The Kier molecular flexibility index (Phi) is 20.1. The molecule has 1 aromatic rings. The van der Waals surface area contributed by atoms with Crippen molar-refractivity contribution >= 4 is 47.8 Å². The van der Waals surface area contributed by atoms with Gasteiger partial charge in [0.05, 0.1) is 30.5 Å². The number of hydrogen-bond acceptors (Lipinski definition) is 18. The number of aromatic hydroxyl groups is 1. The quantitative estimate of drug-likeness (QED) is 0.0259. The molecule has 3 heterocycles. The average Bonchev–Trinajstić information content (AvgIpc) is 3.75. The molecule has 24 nitrogen and oxygen atoms in total. The molecule has 3 aliphatic rings. The molecule has 3 saturated heterocycles. The number of nitrogens with zero attached hydrogens (tertiary/aromatic N) is 3. The van der Waals surface area contributed by atoms with E-state index in [4.69, 9.17) is 10.8 Å². The summed E-state index contributed by atoms with van der Waals surface area (Å²) in [5.41, 5.74) is 0.130. The molecule has 6 amide bonds. The number of fused-ring (bicyclic) bond motifs is 2. The normalized spacial score (nSPS) is 30.8. The second kappa shape index (κ2) is 23.7. The van der Waals surface area contributed by atoms with Gasteiger partial charge in [-0.15, -0.1) is 4.33 Å². The van der Waals surface area contributed by atoms with Gasteiger partial charge in [0.2, 0.25) is 42.0 Å². The summed E-state index contributed by atoms with van der Waals surface area (Å²) in [4.78, 5) is 88.2. The molecule has 62 heavy (non-hydrogen) atoms. The maximum absolute atomic E-state index is 14.3. The molecule has 3 aliphatic heterocycles. The van der Waals surface area contributed by atoms with Gasteiger partial charge in [-0.25, -0.2) is 6.57 Å². The molecule has 1 unspecified atom stereocenters. The van der Waals surface area contributed by atoms with Gasteiger partial charge in [0.15, 0.2) is 17.6 Å². The molecule has 0 bridgehead atoms. The number of phenolic OH excluding ortho intramolecular Hbond substituents is 1. The Balaban J connectivity index is 0.0000102. The number of phenols is 1. The number of β-amino-alcohol motifs (C(OH)–C–C–N with tert-alkyl or cyclic N) is 1. The first-order valence-corrected chi connectivity index (χ1v) is 19.8. The third kappa shape index (κ3) is 13.1. The maximum Gasteiger partial charge on any atom is 1.00 e. The van der Waals surface area contributed by atoms with E-state index >= 15 is 0 Å². The van der Waals surface area contributed by atoms with Crippen LogP contribution in [-0.4, -0.2) is 174 Å². The van der Waals surface area contributed by atoms with Gasteiger partial charge in [-0.2, -0.15) is 0 Å². The van der Waals surface area contributed by atoms with Gasteiger partial charge in [0.1, 0.15) is 30.2 Å². The van der Waals surface area contributed by atoms with Crippen LogP contribution in [-0.2, 0) is 44.6 Å². The molecule has 13 atom stereocenters. The van der Waals surface area contributed by atoms with Crippen LogP contribution in [0.4, 0.5) is 0 Å². The molecule has 26 heteroatoms. The minimum atomic E-state index is -2.08.